The molecule has 1 aliphatic rings. The molecule has 170 valence electrons. The van der Waals surface area contributed by atoms with Gasteiger partial charge < -0.3 is 27.1 Å². The van der Waals surface area contributed by atoms with Crippen molar-refractivity contribution in [1.82, 2.24) is 15.3 Å². The van der Waals surface area contributed by atoms with Gasteiger partial charge in [-0.1, -0.05) is 6.07 Å². The van der Waals surface area contributed by atoms with Crippen molar-refractivity contribution in [3.63, 3.8) is 0 Å². The number of alkyl halides is 2. The van der Waals surface area contributed by atoms with Crippen LogP contribution < -0.4 is 27.1 Å². The van der Waals surface area contributed by atoms with Crippen molar-refractivity contribution in [2.75, 3.05) is 23.1 Å². The molecule has 7 N–H and O–H groups in total. The maximum atomic E-state index is 14.5. The maximum Gasteiger partial charge on any atom is 0.269 e. The Balaban J connectivity index is 1.87. The van der Waals surface area contributed by atoms with Crippen LogP contribution in [0.2, 0.25) is 0 Å². The predicted molar refractivity (Wildman–Crippen MR) is 120 cm³/mol. The summed E-state index contributed by atoms with van der Waals surface area (Å²) in [6.07, 6.45) is 4.28. The molecule has 1 saturated carbocycles. The molecule has 1 aromatic carbocycles. The summed E-state index contributed by atoms with van der Waals surface area (Å²) in [4.78, 5) is 20.1. The van der Waals surface area contributed by atoms with Crippen LogP contribution in [-0.4, -0.2) is 53.4 Å². The Hall–Kier alpha value is -3.67. The zero-order valence-electron chi connectivity index (χ0n) is 17.4. The van der Waals surface area contributed by atoms with E-state index in [1.807, 2.05) is 0 Å². The van der Waals surface area contributed by atoms with Gasteiger partial charge in [0.1, 0.15) is 17.4 Å². The van der Waals surface area contributed by atoms with Gasteiger partial charge in [-0.2, -0.15) is 10.1 Å². The van der Waals surface area contributed by atoms with Crippen molar-refractivity contribution < 1.29 is 13.6 Å². The van der Waals surface area contributed by atoms with Gasteiger partial charge in [-0.25, -0.2) is 13.8 Å². The average molecular weight is 445 g/mol. The molecule has 1 amide bonds. The second kappa shape index (κ2) is 10.1. The fourth-order valence-corrected chi connectivity index (χ4v) is 3.51. The topological polar surface area (TPSA) is 153 Å². The predicted octanol–water partition coefficient (Wildman–Crippen LogP) is 2.55. The summed E-state index contributed by atoms with van der Waals surface area (Å²) >= 11 is 0. The first-order chi connectivity index (χ1) is 15.3. The van der Waals surface area contributed by atoms with E-state index in [0.717, 1.165) is 6.21 Å². The van der Waals surface area contributed by atoms with Crippen LogP contribution in [0.5, 0.6) is 0 Å². The molecule has 0 radical (unpaired) electrons. The van der Waals surface area contributed by atoms with Gasteiger partial charge in [0.25, 0.3) is 11.8 Å². The number of anilines is 4. The van der Waals surface area contributed by atoms with Crippen molar-refractivity contribution >= 4 is 41.5 Å². The number of carbonyl (C=O) groups is 1. The summed E-state index contributed by atoms with van der Waals surface area (Å²) in [5.74, 6) is -3.67. The maximum absolute atomic E-state index is 14.5. The van der Waals surface area contributed by atoms with E-state index in [-0.39, 0.29) is 23.8 Å². The van der Waals surface area contributed by atoms with Crippen molar-refractivity contribution in [3.05, 3.63) is 36.0 Å². The number of nitrogens with zero attached hydrogens (tertiary/aromatic N) is 3. The molecule has 0 saturated heterocycles. The molecule has 2 aromatic rings. The van der Waals surface area contributed by atoms with Crippen molar-refractivity contribution in [1.29, 1.82) is 5.41 Å². The largest absolute Gasteiger partial charge is 0.365 e. The fraction of sp³-hybridized carbons (Fsp3) is 0.350. The van der Waals surface area contributed by atoms with Gasteiger partial charge in [0.15, 0.2) is 0 Å². The molecule has 1 aromatic heterocycles. The average Bonchev–Trinajstić information content (AvgIpc) is 2.75. The Morgan fingerprint density at radius 3 is 2.88 bits per heavy atom. The highest BCUT2D eigenvalue weighted by atomic mass is 19.3. The Kier molecular flexibility index (Phi) is 7.25. The number of hydrazone groups is 1. The molecule has 0 bridgehead atoms. The minimum absolute atomic E-state index is 0.0105. The van der Waals surface area contributed by atoms with Crippen molar-refractivity contribution in [2.45, 2.75) is 37.3 Å². The summed E-state index contributed by atoms with van der Waals surface area (Å²) in [7, 11) is 1.64. The number of primary amides is 1. The second-order valence-electron chi connectivity index (χ2n) is 7.25. The lowest BCUT2D eigenvalue weighted by Crippen LogP contribution is -2.56. The number of nitrogens with two attached hydrogens (primary N) is 1. The smallest absolute Gasteiger partial charge is 0.269 e. The monoisotopic (exact) mass is 445 g/mol. The molecular formula is C20H25F2N9O. The number of carbonyl (C=O) groups excluding carboxylic acids is 1. The summed E-state index contributed by atoms with van der Waals surface area (Å²) in [5.41, 5.74) is 9.35. The minimum atomic E-state index is -2.94. The lowest BCUT2D eigenvalue weighted by Gasteiger charge is -2.38. The number of halogens is 2. The van der Waals surface area contributed by atoms with Gasteiger partial charge in [0.2, 0.25) is 5.95 Å². The third kappa shape index (κ3) is 5.52. The molecule has 12 heteroatoms. The van der Waals surface area contributed by atoms with Crippen molar-refractivity contribution in [2.24, 2.45) is 10.8 Å². The van der Waals surface area contributed by atoms with E-state index in [1.165, 1.54) is 12.4 Å². The van der Waals surface area contributed by atoms with Crippen LogP contribution in [0, 0.1) is 5.41 Å². The molecular weight excluding hydrogens is 420 g/mol. The molecule has 0 spiro atoms. The Morgan fingerprint density at radius 2 is 2.16 bits per heavy atom. The summed E-state index contributed by atoms with van der Waals surface area (Å²) in [6.45, 7) is 0. The summed E-state index contributed by atoms with van der Waals surface area (Å²) < 4.78 is 29.1. The lowest BCUT2D eigenvalue weighted by molar-refractivity contribution is -0.0550. The van der Waals surface area contributed by atoms with Crippen LogP contribution in [0.4, 0.5) is 31.9 Å². The first-order valence-electron chi connectivity index (χ1n) is 9.97. The van der Waals surface area contributed by atoms with E-state index in [4.69, 9.17) is 11.1 Å². The third-order valence-corrected chi connectivity index (χ3v) is 5.06. The van der Waals surface area contributed by atoms with E-state index in [2.05, 4.69) is 36.4 Å². The minimum Gasteiger partial charge on any atom is -0.365 e. The van der Waals surface area contributed by atoms with Crippen LogP contribution in [0.3, 0.4) is 0 Å². The van der Waals surface area contributed by atoms with E-state index in [0.29, 0.717) is 24.2 Å². The number of amides is 1. The number of benzene rings is 1. The first kappa shape index (κ1) is 23.0. The summed E-state index contributed by atoms with van der Waals surface area (Å²) in [6, 6.07) is 5.23. The van der Waals surface area contributed by atoms with Gasteiger partial charge in [0.05, 0.1) is 11.9 Å². The highest BCUT2D eigenvalue weighted by molar-refractivity contribution is 6.14. The van der Waals surface area contributed by atoms with E-state index >= 15 is 0 Å². The van der Waals surface area contributed by atoms with Crippen LogP contribution in [0.25, 0.3) is 0 Å². The molecule has 0 unspecified atom stereocenters. The molecule has 1 heterocycles. The van der Waals surface area contributed by atoms with Gasteiger partial charge >= 0.3 is 0 Å². The van der Waals surface area contributed by atoms with Crippen LogP contribution in [0.1, 0.15) is 29.6 Å². The number of hydrogen-bond donors (Lipinski definition) is 6. The standard InChI is InChI=1S/C20H25F2N9O/c1-25-15-6-3-7-20(21,22)16(15)29-19-26-11-14(17(24)32)18(30-19)28-12-4-2-5-13(10-12)31-27-9-8-23/h2,4-5,8-11,15-16,23,25,31H,3,6-7H2,1H3,(H2,24,32)(H2,26,28,29,30)/b23-8?,27-9-/t15-,16-/m0/s1. The third-order valence-electron chi connectivity index (χ3n) is 5.06. The van der Waals surface area contributed by atoms with Crippen LogP contribution in [0.15, 0.2) is 35.6 Å². The molecule has 1 aliphatic carbocycles. The summed E-state index contributed by atoms with van der Waals surface area (Å²) in [5, 5.41) is 19.4. The first-order valence-corrected chi connectivity index (χ1v) is 9.97. The van der Waals surface area contributed by atoms with Gasteiger partial charge in [0, 0.05) is 30.6 Å². The van der Waals surface area contributed by atoms with Crippen LogP contribution >= 0.6 is 0 Å². The van der Waals surface area contributed by atoms with Gasteiger partial charge in [-0.05, 0) is 38.1 Å². The Labute approximate surface area is 183 Å². The lowest BCUT2D eigenvalue weighted by atomic mass is 9.87. The van der Waals surface area contributed by atoms with E-state index in [9.17, 15) is 13.6 Å². The molecule has 0 aliphatic heterocycles. The van der Waals surface area contributed by atoms with Crippen molar-refractivity contribution in [3.8, 4) is 0 Å². The number of likely N-dealkylation sites (N-methyl/N-ethyl adjacent to an activating group) is 1. The van der Waals surface area contributed by atoms with Gasteiger partial charge in [-0.3, -0.25) is 10.2 Å². The zero-order chi connectivity index (χ0) is 23.1. The number of hydrogen-bond acceptors (Lipinski definition) is 9. The number of rotatable bonds is 9. The molecule has 2 atom stereocenters. The highest BCUT2D eigenvalue weighted by Crippen LogP contribution is 2.35. The molecule has 1 fully saturated rings. The molecule has 3 rings (SSSR count). The second-order valence-corrected chi connectivity index (χ2v) is 7.25. The molecule has 32 heavy (non-hydrogen) atoms. The molecule has 10 nitrogen and oxygen atoms in total. The number of nitrogens with one attached hydrogen (secondary N) is 5. The fourth-order valence-electron chi connectivity index (χ4n) is 3.51. The zero-order valence-corrected chi connectivity index (χ0v) is 17.4. The number of aromatic nitrogens is 2. The normalized spacial score (nSPS) is 20.0. The van der Waals surface area contributed by atoms with Gasteiger partial charge in [-0.15, -0.1) is 0 Å². The SMILES string of the molecule is CN[C@H]1CCCC(F)(F)[C@H]1Nc1ncc(C(N)=O)c(Nc2cccc(N/N=C\C=N)c2)n1. The van der Waals surface area contributed by atoms with Crippen LogP contribution in [-0.2, 0) is 0 Å². The van der Waals surface area contributed by atoms with E-state index in [1.54, 1.807) is 31.3 Å². The Morgan fingerprint density at radius 1 is 1.38 bits per heavy atom. The quantitative estimate of drug-likeness (QED) is 0.256. The highest BCUT2D eigenvalue weighted by Gasteiger charge is 2.47. The van der Waals surface area contributed by atoms with E-state index < -0.39 is 23.9 Å². The Bertz CT molecular complexity index is 999.